The number of hydrogen-bond acceptors (Lipinski definition) is 5. The molecule has 168 valence electrons. The fourth-order valence-corrected chi connectivity index (χ4v) is 3.48. The Morgan fingerprint density at radius 3 is 2.21 bits per heavy atom. The minimum absolute atomic E-state index is 0.269. The first kappa shape index (κ1) is 22.2. The Labute approximate surface area is 195 Å². The number of nitrogens with zero attached hydrogens (tertiary/aromatic N) is 4. The number of carbonyl (C=O) groups excluding carboxylic acids is 1. The van der Waals surface area contributed by atoms with Crippen molar-refractivity contribution >= 4 is 34.7 Å². The zero-order valence-corrected chi connectivity index (χ0v) is 18.6. The zero-order valence-electron chi connectivity index (χ0n) is 17.7. The van der Waals surface area contributed by atoms with Crippen molar-refractivity contribution in [1.29, 1.82) is 0 Å². The number of anilines is 2. The first-order valence-corrected chi connectivity index (χ1v) is 10.4. The van der Waals surface area contributed by atoms with Gasteiger partial charge in [-0.05, 0) is 41.5 Å². The lowest BCUT2D eigenvalue weighted by Gasteiger charge is -2.08. The van der Waals surface area contributed by atoms with Crippen molar-refractivity contribution in [2.75, 3.05) is 17.7 Å². The second-order valence-electron chi connectivity index (χ2n) is 7.21. The Bertz CT molecular complexity index is 1270. The molecule has 0 spiro atoms. The topological polar surface area (TPSA) is 86.0 Å². The van der Waals surface area contributed by atoms with Crippen molar-refractivity contribution in [3.05, 3.63) is 95.8 Å². The molecule has 0 saturated heterocycles. The van der Waals surface area contributed by atoms with Crippen LogP contribution >= 0.6 is 12.2 Å². The predicted molar refractivity (Wildman–Crippen MR) is 127 cm³/mol. The van der Waals surface area contributed by atoms with Crippen LogP contribution in [0.2, 0.25) is 0 Å². The molecule has 4 aromatic rings. The number of methoxy groups -OCH3 is 1. The van der Waals surface area contributed by atoms with Gasteiger partial charge in [0.25, 0.3) is 0 Å². The lowest BCUT2D eigenvalue weighted by atomic mass is 10.1. The van der Waals surface area contributed by atoms with E-state index in [4.69, 9.17) is 17.0 Å². The summed E-state index contributed by atoms with van der Waals surface area (Å²) in [5, 5.41) is 15.2. The smallest absolute Gasteiger partial charge is 0.338 e. The number of aromatic nitrogens is 4. The quantitative estimate of drug-likeness (QED) is 0.317. The van der Waals surface area contributed by atoms with Crippen LogP contribution in [0.3, 0.4) is 0 Å². The average Bonchev–Trinajstić information content (AvgIpc) is 3.44. The van der Waals surface area contributed by atoms with E-state index in [0.29, 0.717) is 35.1 Å². The van der Waals surface area contributed by atoms with E-state index in [1.54, 1.807) is 52.2 Å². The van der Waals surface area contributed by atoms with E-state index in [1.165, 1.54) is 19.2 Å². The monoisotopic (exact) mass is 464 g/mol. The highest BCUT2D eigenvalue weighted by molar-refractivity contribution is 7.80. The van der Waals surface area contributed by atoms with Gasteiger partial charge in [0, 0.05) is 12.4 Å². The summed E-state index contributed by atoms with van der Waals surface area (Å²) in [6, 6.07) is 13.5. The van der Waals surface area contributed by atoms with Crippen LogP contribution in [0.1, 0.15) is 21.5 Å². The van der Waals surface area contributed by atoms with Crippen LogP contribution in [0.25, 0.3) is 0 Å². The fourth-order valence-electron chi connectivity index (χ4n) is 3.24. The Morgan fingerprint density at radius 2 is 1.58 bits per heavy atom. The largest absolute Gasteiger partial charge is 0.465 e. The molecule has 0 radical (unpaired) electrons. The van der Waals surface area contributed by atoms with Crippen LogP contribution < -0.4 is 10.6 Å². The SMILES string of the molecule is COC(=O)c1ccccc1Cn1cc(NC(=S)Nc2cnn(Cc3ccc(F)cc3)c2)cn1. The Kier molecular flexibility index (Phi) is 6.75. The van der Waals surface area contributed by atoms with E-state index >= 15 is 0 Å². The second kappa shape index (κ2) is 10.0. The molecule has 0 unspecified atom stereocenters. The zero-order chi connectivity index (χ0) is 23.2. The highest BCUT2D eigenvalue weighted by Gasteiger charge is 2.12. The summed E-state index contributed by atoms with van der Waals surface area (Å²) in [6.07, 6.45) is 6.90. The fraction of sp³-hybridized carbons (Fsp3) is 0.130. The van der Waals surface area contributed by atoms with Gasteiger partial charge in [0.05, 0.1) is 49.5 Å². The number of rotatable bonds is 7. The Hall–Kier alpha value is -4.05. The van der Waals surface area contributed by atoms with Gasteiger partial charge in [-0.25, -0.2) is 9.18 Å². The van der Waals surface area contributed by atoms with Crippen molar-refractivity contribution in [3.8, 4) is 0 Å². The number of thiocarbonyl (C=S) groups is 1. The van der Waals surface area contributed by atoms with Gasteiger partial charge in [-0.2, -0.15) is 10.2 Å². The summed E-state index contributed by atoms with van der Waals surface area (Å²) < 4.78 is 21.3. The standard InChI is InChI=1S/C23H21FN6O2S/c1-32-22(31)21-5-3-2-4-17(21)13-30-15-20(11-26-30)28-23(33)27-19-10-25-29(14-19)12-16-6-8-18(24)9-7-16/h2-11,14-15H,12-13H2,1H3,(H2,27,28,33). The van der Waals surface area contributed by atoms with E-state index in [9.17, 15) is 9.18 Å². The van der Waals surface area contributed by atoms with Crippen LogP contribution in [0.15, 0.2) is 73.3 Å². The van der Waals surface area contributed by atoms with Crippen LogP contribution in [0.4, 0.5) is 15.8 Å². The number of benzene rings is 2. The molecule has 0 bridgehead atoms. The number of halogens is 1. The van der Waals surface area contributed by atoms with Crippen molar-refractivity contribution in [2.45, 2.75) is 13.1 Å². The minimum atomic E-state index is -0.388. The van der Waals surface area contributed by atoms with Gasteiger partial charge in [-0.3, -0.25) is 9.36 Å². The van der Waals surface area contributed by atoms with Crippen LogP contribution in [0, 0.1) is 5.82 Å². The van der Waals surface area contributed by atoms with Gasteiger partial charge in [-0.15, -0.1) is 0 Å². The molecule has 2 aromatic carbocycles. The first-order valence-electron chi connectivity index (χ1n) is 10.0. The molecule has 0 aliphatic heterocycles. The lowest BCUT2D eigenvalue weighted by Crippen LogP contribution is -2.18. The molecule has 0 aliphatic carbocycles. The molecule has 0 saturated carbocycles. The van der Waals surface area contributed by atoms with Crippen LogP contribution in [-0.4, -0.2) is 37.8 Å². The summed E-state index contributed by atoms with van der Waals surface area (Å²) >= 11 is 5.38. The minimum Gasteiger partial charge on any atom is -0.465 e. The summed E-state index contributed by atoms with van der Waals surface area (Å²) in [6.45, 7) is 0.922. The Morgan fingerprint density at radius 1 is 0.970 bits per heavy atom. The van der Waals surface area contributed by atoms with E-state index < -0.39 is 0 Å². The number of esters is 1. The third kappa shape index (κ3) is 5.80. The highest BCUT2D eigenvalue weighted by atomic mass is 32.1. The molecule has 4 rings (SSSR count). The lowest BCUT2D eigenvalue weighted by molar-refractivity contribution is 0.0599. The number of carbonyl (C=O) groups is 1. The highest BCUT2D eigenvalue weighted by Crippen LogP contribution is 2.14. The number of hydrogen-bond donors (Lipinski definition) is 2. The molecule has 2 aromatic heterocycles. The van der Waals surface area contributed by atoms with Gasteiger partial charge >= 0.3 is 5.97 Å². The summed E-state index contributed by atoms with van der Waals surface area (Å²) in [5.41, 5.74) is 3.65. The molecule has 33 heavy (non-hydrogen) atoms. The van der Waals surface area contributed by atoms with E-state index in [1.807, 2.05) is 18.3 Å². The second-order valence-corrected chi connectivity index (χ2v) is 7.62. The van der Waals surface area contributed by atoms with Crippen molar-refractivity contribution in [2.24, 2.45) is 0 Å². The molecule has 2 heterocycles. The van der Waals surface area contributed by atoms with Gasteiger partial charge in [0.1, 0.15) is 5.82 Å². The third-order valence-electron chi connectivity index (χ3n) is 4.80. The molecule has 0 fully saturated rings. The molecular weight excluding hydrogens is 443 g/mol. The Balaban J connectivity index is 1.34. The maximum absolute atomic E-state index is 13.0. The molecule has 0 aliphatic rings. The first-order chi connectivity index (χ1) is 16.0. The number of ether oxygens (including phenoxy) is 1. The summed E-state index contributed by atoms with van der Waals surface area (Å²) in [7, 11) is 1.36. The normalized spacial score (nSPS) is 10.6. The molecule has 0 atom stereocenters. The van der Waals surface area contributed by atoms with Crippen LogP contribution in [-0.2, 0) is 17.8 Å². The molecular formula is C23H21FN6O2S. The van der Waals surface area contributed by atoms with Crippen molar-refractivity contribution in [1.82, 2.24) is 19.6 Å². The van der Waals surface area contributed by atoms with Crippen molar-refractivity contribution in [3.63, 3.8) is 0 Å². The maximum Gasteiger partial charge on any atom is 0.338 e. The van der Waals surface area contributed by atoms with E-state index in [-0.39, 0.29) is 11.8 Å². The van der Waals surface area contributed by atoms with Gasteiger partial charge in [0.15, 0.2) is 5.11 Å². The van der Waals surface area contributed by atoms with E-state index in [2.05, 4.69) is 20.8 Å². The summed E-state index contributed by atoms with van der Waals surface area (Å²) in [5.74, 6) is -0.657. The molecule has 8 nitrogen and oxygen atoms in total. The average molecular weight is 465 g/mol. The van der Waals surface area contributed by atoms with Crippen molar-refractivity contribution < 1.29 is 13.9 Å². The molecule has 0 amide bonds. The molecule has 2 N–H and O–H groups in total. The van der Waals surface area contributed by atoms with Crippen LogP contribution in [0.5, 0.6) is 0 Å². The van der Waals surface area contributed by atoms with Gasteiger partial charge in [0.2, 0.25) is 0 Å². The third-order valence-corrected chi connectivity index (χ3v) is 5.00. The maximum atomic E-state index is 13.0. The number of nitrogens with one attached hydrogen (secondary N) is 2. The predicted octanol–water partition coefficient (Wildman–Crippen LogP) is 3.91. The van der Waals surface area contributed by atoms with E-state index in [0.717, 1.165) is 11.1 Å². The molecule has 10 heteroatoms. The van der Waals surface area contributed by atoms with Gasteiger partial charge < -0.3 is 15.4 Å². The summed E-state index contributed by atoms with van der Waals surface area (Å²) in [4.78, 5) is 12.0. The van der Waals surface area contributed by atoms with Gasteiger partial charge in [-0.1, -0.05) is 30.3 Å².